The molecule has 1 aliphatic rings. The fourth-order valence-electron chi connectivity index (χ4n) is 4.41. The number of rotatable bonds is 8. The van der Waals surface area contributed by atoms with E-state index in [4.69, 9.17) is 10.7 Å². The Labute approximate surface area is 200 Å². The lowest BCUT2D eigenvalue weighted by Gasteiger charge is -2.38. The summed E-state index contributed by atoms with van der Waals surface area (Å²) in [5.74, 6) is 1.10. The largest absolute Gasteiger partial charge is 0.508 e. The molecule has 0 unspecified atom stereocenters. The minimum absolute atomic E-state index is 0.205. The number of nitrogens with zero attached hydrogens (tertiary/aromatic N) is 4. The summed E-state index contributed by atoms with van der Waals surface area (Å²) < 4.78 is 0. The SMILES string of the molecule is Cc1cc(Cc2[nH]nc(NCc3ccc(O)cc3)c2C(N)=O)cnc1N1CCN(C(C)C)CC1. The standard InChI is InChI=1S/C25H33N7O2/c1-16(2)31-8-10-32(11-9-31)25-17(3)12-19(15-28-25)13-21-22(23(26)34)24(30-29-21)27-14-18-4-6-20(33)7-5-18/h4-7,12,15-16,33H,8-11,13-14H2,1-3H3,(H2,26,34)(H2,27,29,30). The van der Waals surface area contributed by atoms with E-state index in [0.29, 0.717) is 36.1 Å². The van der Waals surface area contributed by atoms with Gasteiger partial charge >= 0.3 is 0 Å². The van der Waals surface area contributed by atoms with E-state index in [0.717, 1.165) is 48.7 Å². The molecule has 9 heteroatoms. The monoisotopic (exact) mass is 463 g/mol. The summed E-state index contributed by atoms with van der Waals surface area (Å²) in [7, 11) is 0. The van der Waals surface area contributed by atoms with Crippen molar-refractivity contribution >= 4 is 17.5 Å². The van der Waals surface area contributed by atoms with E-state index in [1.54, 1.807) is 24.3 Å². The third-order valence-electron chi connectivity index (χ3n) is 6.32. The van der Waals surface area contributed by atoms with Crippen molar-refractivity contribution in [3.8, 4) is 5.75 Å². The van der Waals surface area contributed by atoms with Crippen LogP contribution in [-0.4, -0.2) is 63.3 Å². The summed E-state index contributed by atoms with van der Waals surface area (Å²) >= 11 is 0. The average Bonchev–Trinajstić information content (AvgIpc) is 3.21. The quantitative estimate of drug-likeness (QED) is 0.405. The lowest BCUT2D eigenvalue weighted by Crippen LogP contribution is -2.49. The van der Waals surface area contributed by atoms with Gasteiger partial charge in [0, 0.05) is 51.4 Å². The van der Waals surface area contributed by atoms with E-state index in [2.05, 4.69) is 52.2 Å². The number of nitrogens with two attached hydrogens (primary N) is 1. The van der Waals surface area contributed by atoms with Gasteiger partial charge in [-0.3, -0.25) is 14.8 Å². The Morgan fingerprint density at radius 1 is 1.18 bits per heavy atom. The first-order chi connectivity index (χ1) is 16.3. The van der Waals surface area contributed by atoms with Crippen LogP contribution in [0.2, 0.25) is 0 Å². The molecule has 1 aromatic carbocycles. The van der Waals surface area contributed by atoms with Crippen molar-refractivity contribution in [2.24, 2.45) is 5.73 Å². The number of carbonyl (C=O) groups is 1. The molecule has 0 atom stereocenters. The third-order valence-corrected chi connectivity index (χ3v) is 6.32. The Kier molecular flexibility index (Phi) is 7.02. The second-order valence-corrected chi connectivity index (χ2v) is 9.09. The van der Waals surface area contributed by atoms with Gasteiger partial charge in [-0.25, -0.2) is 4.98 Å². The van der Waals surface area contributed by atoms with Crippen molar-refractivity contribution < 1.29 is 9.90 Å². The fourth-order valence-corrected chi connectivity index (χ4v) is 4.41. The summed E-state index contributed by atoms with van der Waals surface area (Å²) in [5, 5.41) is 19.8. The first-order valence-electron chi connectivity index (χ1n) is 11.6. The maximum Gasteiger partial charge on any atom is 0.254 e. The molecule has 2 aromatic heterocycles. The Morgan fingerprint density at radius 2 is 1.88 bits per heavy atom. The van der Waals surface area contributed by atoms with Gasteiger partial charge in [0.2, 0.25) is 0 Å². The second kappa shape index (κ2) is 10.1. The lowest BCUT2D eigenvalue weighted by molar-refractivity contribution is 0.100. The van der Waals surface area contributed by atoms with Crippen LogP contribution in [0, 0.1) is 6.92 Å². The molecule has 3 heterocycles. The Bertz CT molecular complexity index is 1130. The number of phenolic OH excluding ortho intramolecular Hbond substituents is 1. The zero-order valence-corrected chi connectivity index (χ0v) is 20.0. The topological polar surface area (TPSA) is 123 Å². The van der Waals surface area contributed by atoms with Crippen LogP contribution in [0.3, 0.4) is 0 Å². The van der Waals surface area contributed by atoms with Gasteiger partial charge in [0.1, 0.15) is 17.1 Å². The number of aryl methyl sites for hydroxylation is 1. The zero-order chi connectivity index (χ0) is 24.2. The number of hydrogen-bond acceptors (Lipinski definition) is 7. The average molecular weight is 464 g/mol. The molecule has 0 spiro atoms. The van der Waals surface area contributed by atoms with Gasteiger partial charge in [-0.15, -0.1) is 0 Å². The number of anilines is 2. The first-order valence-corrected chi connectivity index (χ1v) is 11.6. The second-order valence-electron chi connectivity index (χ2n) is 9.09. The van der Waals surface area contributed by atoms with Crippen molar-refractivity contribution in [1.29, 1.82) is 0 Å². The fraction of sp³-hybridized carbons (Fsp3) is 0.400. The maximum atomic E-state index is 12.2. The van der Waals surface area contributed by atoms with Gasteiger partial charge in [0.25, 0.3) is 5.91 Å². The molecule has 34 heavy (non-hydrogen) atoms. The van der Waals surface area contributed by atoms with Crippen molar-refractivity contribution in [2.75, 3.05) is 36.4 Å². The summed E-state index contributed by atoms with van der Waals surface area (Å²) in [6.45, 7) is 11.0. The van der Waals surface area contributed by atoms with E-state index in [1.807, 2.05) is 6.20 Å². The van der Waals surface area contributed by atoms with Crippen molar-refractivity contribution in [3.63, 3.8) is 0 Å². The minimum atomic E-state index is -0.540. The highest BCUT2D eigenvalue weighted by Gasteiger charge is 2.22. The van der Waals surface area contributed by atoms with Crippen LogP contribution in [0.1, 0.15) is 46.6 Å². The van der Waals surface area contributed by atoms with Crippen LogP contribution < -0.4 is 16.0 Å². The van der Waals surface area contributed by atoms with Gasteiger partial charge in [0.15, 0.2) is 5.82 Å². The highest BCUT2D eigenvalue weighted by atomic mass is 16.3. The van der Waals surface area contributed by atoms with Gasteiger partial charge in [0.05, 0.1) is 5.69 Å². The van der Waals surface area contributed by atoms with E-state index in [-0.39, 0.29) is 5.75 Å². The summed E-state index contributed by atoms with van der Waals surface area (Å²) in [4.78, 5) is 21.8. The number of piperazine rings is 1. The summed E-state index contributed by atoms with van der Waals surface area (Å²) in [5.41, 5.74) is 9.74. The van der Waals surface area contributed by atoms with Crippen LogP contribution >= 0.6 is 0 Å². The van der Waals surface area contributed by atoms with E-state index in [9.17, 15) is 9.90 Å². The normalized spacial score (nSPS) is 14.5. The predicted octanol–water partition coefficient (Wildman–Crippen LogP) is 2.65. The number of primary amides is 1. The molecule has 0 aliphatic carbocycles. The predicted molar refractivity (Wildman–Crippen MR) is 133 cm³/mol. The molecule has 4 rings (SSSR count). The van der Waals surface area contributed by atoms with Crippen LogP contribution in [0.4, 0.5) is 11.6 Å². The number of hydrogen-bond donors (Lipinski definition) is 4. The summed E-state index contributed by atoms with van der Waals surface area (Å²) in [6, 6.07) is 9.52. The number of phenols is 1. The number of amides is 1. The molecule has 3 aromatic rings. The molecule has 0 bridgehead atoms. The maximum absolute atomic E-state index is 12.2. The van der Waals surface area contributed by atoms with Crippen molar-refractivity contribution in [2.45, 2.75) is 39.8 Å². The molecule has 1 amide bonds. The van der Waals surface area contributed by atoms with E-state index < -0.39 is 5.91 Å². The van der Waals surface area contributed by atoms with E-state index in [1.165, 1.54) is 0 Å². The number of H-pyrrole nitrogens is 1. The minimum Gasteiger partial charge on any atom is -0.508 e. The highest BCUT2D eigenvalue weighted by molar-refractivity contribution is 5.99. The van der Waals surface area contributed by atoms with Gasteiger partial charge in [-0.1, -0.05) is 18.2 Å². The van der Waals surface area contributed by atoms with Crippen LogP contribution in [0.15, 0.2) is 36.5 Å². The number of aromatic hydroxyl groups is 1. The highest BCUT2D eigenvalue weighted by Crippen LogP contribution is 2.24. The van der Waals surface area contributed by atoms with Crippen LogP contribution in [-0.2, 0) is 13.0 Å². The molecule has 9 nitrogen and oxygen atoms in total. The molecule has 1 fully saturated rings. The smallest absolute Gasteiger partial charge is 0.254 e. The summed E-state index contributed by atoms with van der Waals surface area (Å²) in [6.07, 6.45) is 2.34. The first kappa shape index (κ1) is 23.6. The Balaban J connectivity index is 1.45. The molecule has 1 aliphatic heterocycles. The molecular weight excluding hydrogens is 430 g/mol. The number of nitrogens with one attached hydrogen (secondary N) is 2. The molecule has 0 saturated carbocycles. The van der Waals surface area contributed by atoms with Crippen molar-refractivity contribution in [3.05, 3.63) is 64.5 Å². The Hall–Kier alpha value is -3.59. The Morgan fingerprint density at radius 3 is 2.50 bits per heavy atom. The van der Waals surface area contributed by atoms with E-state index >= 15 is 0 Å². The number of carbonyl (C=O) groups excluding carboxylic acids is 1. The van der Waals surface area contributed by atoms with Crippen LogP contribution in [0.5, 0.6) is 5.75 Å². The van der Waals surface area contributed by atoms with Gasteiger partial charge in [-0.05, 0) is 49.6 Å². The molecule has 1 saturated heterocycles. The molecule has 0 radical (unpaired) electrons. The van der Waals surface area contributed by atoms with Crippen LogP contribution in [0.25, 0.3) is 0 Å². The molecule has 180 valence electrons. The van der Waals surface area contributed by atoms with Gasteiger partial charge < -0.3 is 21.1 Å². The zero-order valence-electron chi connectivity index (χ0n) is 20.0. The third kappa shape index (κ3) is 5.31. The molecule has 5 N–H and O–H groups in total. The molecular formula is C25H33N7O2. The number of pyridine rings is 1. The number of aromatic nitrogens is 3. The lowest BCUT2D eigenvalue weighted by atomic mass is 10.1. The van der Waals surface area contributed by atoms with Crippen molar-refractivity contribution in [1.82, 2.24) is 20.1 Å². The number of benzene rings is 1. The van der Waals surface area contributed by atoms with Gasteiger partial charge in [-0.2, -0.15) is 5.10 Å². The number of aromatic amines is 1.